The smallest absolute Gasteiger partial charge is 0.0326 e. The van der Waals surface area contributed by atoms with Gasteiger partial charge in [-0.3, -0.25) is 0 Å². The maximum absolute atomic E-state index is 4.19. The van der Waals surface area contributed by atoms with Crippen molar-refractivity contribution in [2.75, 3.05) is 0 Å². The average molecular weight is 321 g/mol. The summed E-state index contributed by atoms with van der Waals surface area (Å²) < 4.78 is 0.514. The molecule has 0 amide bonds. The summed E-state index contributed by atoms with van der Waals surface area (Å²) in [6.45, 7) is 2.45. The molecule has 3 saturated carbocycles. The van der Waals surface area contributed by atoms with Gasteiger partial charge in [-0.2, -0.15) is 0 Å². The van der Waals surface area contributed by atoms with E-state index < -0.39 is 0 Å². The van der Waals surface area contributed by atoms with Crippen LogP contribution in [0.25, 0.3) is 0 Å². The Morgan fingerprint density at radius 1 is 0.947 bits per heavy atom. The highest BCUT2D eigenvalue weighted by Crippen LogP contribution is 2.62. The number of alkyl halides is 1. The molecule has 104 valence electrons. The van der Waals surface area contributed by atoms with E-state index in [0.717, 1.165) is 23.7 Å². The van der Waals surface area contributed by atoms with Crippen molar-refractivity contribution in [1.29, 1.82) is 0 Å². The van der Waals surface area contributed by atoms with E-state index in [-0.39, 0.29) is 0 Å². The van der Waals surface area contributed by atoms with Gasteiger partial charge in [-0.1, -0.05) is 34.7 Å². The molecule has 0 aromatic heterocycles. The van der Waals surface area contributed by atoms with Gasteiger partial charge in [0.2, 0.25) is 0 Å². The van der Waals surface area contributed by atoms with E-state index in [1.165, 1.54) is 57.8 Å². The van der Waals surface area contributed by atoms with Crippen molar-refractivity contribution in [2.45, 2.75) is 69.0 Å². The lowest BCUT2D eigenvalue weighted by atomic mass is 9.50. The fraction of sp³-hybridized carbons (Fsp3) is 0.889. The zero-order valence-electron chi connectivity index (χ0n) is 12.1. The maximum atomic E-state index is 4.19. The van der Waals surface area contributed by atoms with Crippen LogP contribution in [0.5, 0.6) is 0 Å². The molecule has 1 unspecified atom stereocenters. The Balaban J connectivity index is 1.63. The second kappa shape index (κ2) is 4.27. The minimum absolute atomic E-state index is 0.377. The first kappa shape index (κ1) is 12.8. The second-order valence-electron chi connectivity index (χ2n) is 7.82. The van der Waals surface area contributed by atoms with E-state index in [1.54, 1.807) is 0 Å². The molecule has 1 heteroatoms. The van der Waals surface area contributed by atoms with Crippen LogP contribution in [0.1, 0.15) is 64.7 Å². The molecule has 0 nitrogen and oxygen atoms in total. The third kappa shape index (κ3) is 1.78. The Morgan fingerprint density at radius 2 is 1.74 bits per heavy atom. The fourth-order valence-electron chi connectivity index (χ4n) is 5.99. The van der Waals surface area contributed by atoms with E-state index in [0.29, 0.717) is 9.74 Å². The molecule has 3 fully saturated rings. The zero-order chi connectivity index (χ0) is 13.1. The van der Waals surface area contributed by atoms with Gasteiger partial charge in [0.15, 0.2) is 0 Å². The summed E-state index contributed by atoms with van der Waals surface area (Å²) in [4.78, 5) is 0. The quantitative estimate of drug-likeness (QED) is 0.427. The summed E-state index contributed by atoms with van der Waals surface area (Å²) in [5, 5.41) is 0. The monoisotopic (exact) mass is 320 g/mol. The third-order valence-corrected chi connectivity index (χ3v) is 8.39. The molecule has 0 bridgehead atoms. The van der Waals surface area contributed by atoms with Gasteiger partial charge in [0, 0.05) is 16.2 Å². The minimum atomic E-state index is 0.377. The predicted molar refractivity (Wildman–Crippen MR) is 83.1 cm³/mol. The molecule has 0 saturated heterocycles. The van der Waals surface area contributed by atoms with E-state index in [4.69, 9.17) is 0 Å². The lowest BCUT2D eigenvalue weighted by Crippen LogP contribution is -2.52. The second-order valence-corrected chi connectivity index (χ2v) is 9.40. The lowest BCUT2D eigenvalue weighted by Gasteiger charge is -2.57. The standard InChI is InChI=1S/C18H25Br/c1-17-9-4-6-15(17)13-8-12-18(19)10-3-2-5-16(18)14(13)7-11-17/h13-16H,2-3,5-8,10-12H2,1H3/t13-,14+,15+,16-,17+,18?/m1/s1. The van der Waals surface area contributed by atoms with Crippen LogP contribution in [-0.4, -0.2) is 4.32 Å². The van der Waals surface area contributed by atoms with Crippen molar-refractivity contribution in [3.8, 4) is 11.8 Å². The minimum Gasteiger partial charge on any atom is -0.102 e. The molecule has 4 aliphatic carbocycles. The number of halogens is 1. The predicted octanol–water partition coefficient (Wildman–Crippen LogP) is 5.16. The maximum Gasteiger partial charge on any atom is 0.0326 e. The average Bonchev–Trinajstić information content (AvgIpc) is 2.79. The van der Waals surface area contributed by atoms with Crippen molar-refractivity contribution in [2.24, 2.45) is 29.1 Å². The van der Waals surface area contributed by atoms with Crippen molar-refractivity contribution >= 4 is 15.9 Å². The highest BCUT2D eigenvalue weighted by Gasteiger charge is 2.55. The number of hydrogen-bond acceptors (Lipinski definition) is 0. The van der Waals surface area contributed by atoms with Crippen molar-refractivity contribution in [3.05, 3.63) is 0 Å². The van der Waals surface area contributed by atoms with E-state index in [1.807, 2.05) is 0 Å². The first-order chi connectivity index (χ1) is 9.12. The molecule has 6 atom stereocenters. The molecule has 0 aromatic rings. The SMILES string of the molecule is C[C@@]12C#CC[C@H]1[C@@H]1CCC3(Br)CCCC[C@@H]3[C@H]1CC2. The van der Waals surface area contributed by atoms with Crippen LogP contribution < -0.4 is 0 Å². The third-order valence-electron chi connectivity index (χ3n) is 7.01. The van der Waals surface area contributed by atoms with Crippen molar-refractivity contribution < 1.29 is 0 Å². The largest absolute Gasteiger partial charge is 0.102 e. The normalized spacial score (nSPS) is 55.5. The molecule has 19 heavy (non-hydrogen) atoms. The molecule has 4 rings (SSSR count). The molecule has 0 aromatic carbocycles. The van der Waals surface area contributed by atoms with Crippen LogP contribution >= 0.6 is 15.9 Å². The molecule has 4 aliphatic rings. The Labute approximate surface area is 126 Å². The number of rotatable bonds is 0. The van der Waals surface area contributed by atoms with Gasteiger partial charge >= 0.3 is 0 Å². The summed E-state index contributed by atoms with van der Waals surface area (Å²) in [7, 11) is 0. The molecule has 0 heterocycles. The zero-order valence-corrected chi connectivity index (χ0v) is 13.6. The van der Waals surface area contributed by atoms with Gasteiger partial charge in [-0.15, -0.1) is 5.92 Å². The summed E-state index contributed by atoms with van der Waals surface area (Å²) in [6, 6.07) is 0. The first-order valence-electron chi connectivity index (χ1n) is 8.31. The van der Waals surface area contributed by atoms with Crippen molar-refractivity contribution in [1.82, 2.24) is 0 Å². The van der Waals surface area contributed by atoms with Crippen LogP contribution in [0, 0.1) is 40.9 Å². The summed E-state index contributed by atoms with van der Waals surface area (Å²) >= 11 is 4.19. The Bertz CT molecular complexity index is 444. The summed E-state index contributed by atoms with van der Waals surface area (Å²) in [6.07, 6.45) is 12.7. The molecular formula is C18H25Br. The Morgan fingerprint density at radius 3 is 2.63 bits per heavy atom. The van der Waals surface area contributed by atoms with E-state index >= 15 is 0 Å². The Hall–Kier alpha value is 0.0400. The lowest BCUT2D eigenvalue weighted by molar-refractivity contribution is -0.0250. The van der Waals surface area contributed by atoms with Crippen molar-refractivity contribution in [3.63, 3.8) is 0 Å². The van der Waals surface area contributed by atoms with Gasteiger partial charge in [-0.25, -0.2) is 0 Å². The van der Waals surface area contributed by atoms with Crippen LogP contribution in [0.15, 0.2) is 0 Å². The van der Waals surface area contributed by atoms with Crippen LogP contribution in [0.3, 0.4) is 0 Å². The molecular weight excluding hydrogens is 296 g/mol. The van der Waals surface area contributed by atoms with E-state index in [2.05, 4.69) is 34.7 Å². The molecule has 0 N–H and O–H groups in total. The molecule has 0 radical (unpaired) electrons. The fourth-order valence-corrected chi connectivity index (χ4v) is 7.07. The van der Waals surface area contributed by atoms with Gasteiger partial charge in [-0.05, 0) is 69.1 Å². The van der Waals surface area contributed by atoms with Gasteiger partial charge in [0.05, 0.1) is 0 Å². The number of fused-ring (bicyclic) bond motifs is 5. The van der Waals surface area contributed by atoms with E-state index in [9.17, 15) is 0 Å². The number of hydrogen-bond donors (Lipinski definition) is 0. The summed E-state index contributed by atoms with van der Waals surface area (Å²) in [5.41, 5.74) is 0.377. The van der Waals surface area contributed by atoms with Gasteiger partial charge < -0.3 is 0 Å². The Kier molecular flexibility index (Phi) is 2.86. The van der Waals surface area contributed by atoms with Gasteiger partial charge in [0.25, 0.3) is 0 Å². The molecule has 0 aliphatic heterocycles. The van der Waals surface area contributed by atoms with Crippen LogP contribution in [0.2, 0.25) is 0 Å². The highest BCUT2D eigenvalue weighted by atomic mass is 79.9. The van der Waals surface area contributed by atoms with Gasteiger partial charge in [0.1, 0.15) is 0 Å². The first-order valence-corrected chi connectivity index (χ1v) is 9.11. The molecule has 0 spiro atoms. The van der Waals surface area contributed by atoms with Crippen LogP contribution in [0.4, 0.5) is 0 Å². The summed E-state index contributed by atoms with van der Waals surface area (Å²) in [5.74, 6) is 10.8. The topological polar surface area (TPSA) is 0 Å². The highest BCUT2D eigenvalue weighted by molar-refractivity contribution is 9.10. The van der Waals surface area contributed by atoms with Crippen LogP contribution in [-0.2, 0) is 0 Å².